The number of nitrogens with one attached hydrogen (secondary N) is 1. The Hall–Kier alpha value is -0.980. The summed E-state index contributed by atoms with van der Waals surface area (Å²) in [6.07, 6.45) is 0.623. The molecular weight excluding hydrogens is 208 g/mol. The molecule has 0 rings (SSSR count). The van der Waals surface area contributed by atoms with E-state index < -0.39 is 18.0 Å². The summed E-state index contributed by atoms with van der Waals surface area (Å²) in [7, 11) is 0. The summed E-state index contributed by atoms with van der Waals surface area (Å²) in [6.45, 7) is 5.46. The van der Waals surface area contributed by atoms with Crippen molar-refractivity contribution in [3.63, 3.8) is 0 Å². The van der Waals surface area contributed by atoms with Crippen LogP contribution in [0, 0.1) is 0 Å². The Morgan fingerprint density at radius 2 is 2.12 bits per heavy atom. The van der Waals surface area contributed by atoms with Crippen LogP contribution in [0.4, 0.5) is 0 Å². The lowest BCUT2D eigenvalue weighted by atomic mass is 10.0. The second kappa shape index (κ2) is 8.20. The van der Waals surface area contributed by atoms with Crippen molar-refractivity contribution >= 4 is 11.6 Å². The highest BCUT2D eigenvalue weighted by Crippen LogP contribution is 1.94. The average Bonchev–Trinajstić information content (AvgIpc) is 2.26. The van der Waals surface area contributed by atoms with Crippen LogP contribution in [0.2, 0.25) is 0 Å². The molecule has 0 aliphatic rings. The maximum Gasteiger partial charge on any atom is 0.236 e. The van der Waals surface area contributed by atoms with Crippen molar-refractivity contribution in [2.75, 3.05) is 19.8 Å². The molecular formula is C10H23N4O2+. The summed E-state index contributed by atoms with van der Waals surface area (Å²) >= 11 is 0. The van der Waals surface area contributed by atoms with E-state index in [2.05, 4.69) is 5.32 Å². The quantitative estimate of drug-likeness (QED) is 0.257. The predicted molar refractivity (Wildman–Crippen MR) is 62.7 cm³/mol. The van der Waals surface area contributed by atoms with E-state index in [0.717, 1.165) is 0 Å². The summed E-state index contributed by atoms with van der Waals surface area (Å²) in [4.78, 5) is 11.2. The highest BCUT2D eigenvalue weighted by Gasteiger charge is 2.28. The number of carbonyl (C=O) groups is 1. The van der Waals surface area contributed by atoms with Crippen molar-refractivity contribution in [2.24, 2.45) is 11.5 Å². The van der Waals surface area contributed by atoms with Gasteiger partial charge in [-0.05, 0) is 6.92 Å². The third kappa shape index (κ3) is 5.20. The Balaban J connectivity index is 4.16. The van der Waals surface area contributed by atoms with Crippen LogP contribution in [0.5, 0.6) is 0 Å². The molecule has 0 aromatic heterocycles. The zero-order chi connectivity index (χ0) is 12.6. The maximum atomic E-state index is 11.2. The average molecular weight is 231 g/mol. The highest BCUT2D eigenvalue weighted by atomic mass is 16.5. The molecule has 0 spiro atoms. The second-order valence-electron chi connectivity index (χ2n) is 3.49. The van der Waals surface area contributed by atoms with Gasteiger partial charge in [0, 0.05) is 19.6 Å². The number of hydrogen-bond acceptors (Lipinski definition) is 4. The molecule has 0 bridgehead atoms. The van der Waals surface area contributed by atoms with Crippen LogP contribution in [-0.4, -0.2) is 43.5 Å². The number of carbonyl (C=O) groups excluding carboxylic acids is 1. The molecule has 2 atom stereocenters. The van der Waals surface area contributed by atoms with Gasteiger partial charge in [0.1, 0.15) is 12.1 Å². The molecule has 6 nitrogen and oxygen atoms in total. The van der Waals surface area contributed by atoms with Gasteiger partial charge in [-0.1, -0.05) is 6.92 Å². The minimum Gasteiger partial charge on any atom is -0.380 e. The molecule has 0 aliphatic heterocycles. The molecule has 6 heteroatoms. The maximum absolute atomic E-state index is 11.2. The highest BCUT2D eigenvalue weighted by molar-refractivity contribution is 5.92. The predicted octanol–water partition coefficient (Wildman–Crippen LogP) is -2.60. The van der Waals surface area contributed by atoms with Crippen molar-refractivity contribution in [3.05, 3.63) is 0 Å². The lowest BCUT2D eigenvalue weighted by molar-refractivity contribution is -0.126. The van der Waals surface area contributed by atoms with Gasteiger partial charge in [-0.25, -0.2) is 0 Å². The van der Waals surface area contributed by atoms with Crippen LogP contribution in [-0.2, 0) is 9.53 Å². The number of nitrogens with two attached hydrogens (primary N) is 3. The fraction of sp³-hybridized carbons (Fsp3) is 0.800. The van der Waals surface area contributed by atoms with Crippen molar-refractivity contribution in [1.82, 2.24) is 5.32 Å². The Labute approximate surface area is 96.2 Å². The number of primary amides is 1. The van der Waals surface area contributed by atoms with E-state index in [1.807, 2.05) is 13.8 Å². The molecule has 0 aliphatic carbocycles. The van der Waals surface area contributed by atoms with Crippen molar-refractivity contribution in [2.45, 2.75) is 32.4 Å². The Bertz CT molecular complexity index is 233. The molecule has 0 radical (unpaired) electrons. The smallest absolute Gasteiger partial charge is 0.236 e. The van der Waals surface area contributed by atoms with Crippen LogP contribution in [0.1, 0.15) is 20.3 Å². The van der Waals surface area contributed by atoms with Gasteiger partial charge >= 0.3 is 0 Å². The zero-order valence-electron chi connectivity index (χ0n) is 10.0. The van der Waals surface area contributed by atoms with E-state index >= 15 is 0 Å². The van der Waals surface area contributed by atoms with Crippen molar-refractivity contribution in [3.8, 4) is 0 Å². The van der Waals surface area contributed by atoms with Gasteiger partial charge in [0.05, 0.1) is 6.61 Å². The van der Waals surface area contributed by atoms with Gasteiger partial charge in [0.2, 0.25) is 5.91 Å². The van der Waals surface area contributed by atoms with E-state index in [0.29, 0.717) is 31.9 Å². The third-order valence-electron chi connectivity index (χ3n) is 2.32. The topological polar surface area (TPSA) is 116 Å². The molecule has 0 aromatic rings. The van der Waals surface area contributed by atoms with Crippen molar-refractivity contribution < 1.29 is 14.9 Å². The van der Waals surface area contributed by atoms with Gasteiger partial charge in [-0.3, -0.25) is 10.2 Å². The van der Waals surface area contributed by atoms with E-state index in [-0.39, 0.29) is 0 Å². The van der Waals surface area contributed by atoms with Gasteiger partial charge in [-0.2, -0.15) is 0 Å². The van der Waals surface area contributed by atoms with Crippen LogP contribution in [0.15, 0.2) is 0 Å². The normalized spacial score (nSPS) is 14.4. The summed E-state index contributed by atoms with van der Waals surface area (Å²) in [5.41, 5.74) is 11.6. The van der Waals surface area contributed by atoms with E-state index in [1.165, 1.54) is 0 Å². The standard InChI is InChI=1S/C10H22N4O2/c1-3-7(11)8(12)9(10(13)15)14-5-6-16-4-2/h8-9,11,14H,3-6,12H2,1-2H3,(H2,13,15)/p+1. The van der Waals surface area contributed by atoms with E-state index in [9.17, 15) is 4.79 Å². The first-order chi connectivity index (χ1) is 7.54. The van der Waals surface area contributed by atoms with Gasteiger partial charge in [-0.15, -0.1) is 0 Å². The summed E-state index contributed by atoms with van der Waals surface area (Å²) in [6, 6.07) is -1.19. The van der Waals surface area contributed by atoms with Gasteiger partial charge in [0.25, 0.3) is 0 Å². The molecule has 7 N–H and O–H groups in total. The molecule has 0 saturated heterocycles. The molecule has 0 aromatic carbocycles. The van der Waals surface area contributed by atoms with Crippen LogP contribution in [0.3, 0.4) is 0 Å². The number of rotatable bonds is 9. The minimum absolute atomic E-state index is 0.500. The molecule has 0 fully saturated rings. The SMILES string of the molecule is CCOCCNC(C(N)=O)C(N)C(=[NH2+])CC. The first-order valence-corrected chi connectivity index (χ1v) is 5.51. The Morgan fingerprint density at radius 1 is 1.50 bits per heavy atom. The fourth-order valence-corrected chi connectivity index (χ4v) is 1.29. The van der Waals surface area contributed by atoms with E-state index in [4.69, 9.17) is 21.6 Å². The fourth-order valence-electron chi connectivity index (χ4n) is 1.29. The molecule has 2 unspecified atom stereocenters. The number of ether oxygens (including phenoxy) is 1. The summed E-state index contributed by atoms with van der Waals surface area (Å²) < 4.78 is 5.14. The Kier molecular flexibility index (Phi) is 7.70. The lowest BCUT2D eigenvalue weighted by Crippen LogP contribution is -2.62. The minimum atomic E-state index is -0.639. The second-order valence-corrected chi connectivity index (χ2v) is 3.49. The van der Waals surface area contributed by atoms with Gasteiger partial charge < -0.3 is 21.5 Å². The molecule has 94 valence electrons. The molecule has 16 heavy (non-hydrogen) atoms. The summed E-state index contributed by atoms with van der Waals surface area (Å²) in [5, 5.41) is 8.64. The molecule has 0 heterocycles. The van der Waals surface area contributed by atoms with Crippen molar-refractivity contribution in [1.29, 1.82) is 0 Å². The van der Waals surface area contributed by atoms with Crippen LogP contribution in [0.25, 0.3) is 0 Å². The number of amides is 1. The number of hydrogen-bond donors (Lipinski definition) is 4. The van der Waals surface area contributed by atoms with Gasteiger partial charge in [0.15, 0.2) is 5.71 Å². The van der Waals surface area contributed by atoms with Crippen LogP contribution < -0.4 is 22.2 Å². The summed E-state index contributed by atoms with van der Waals surface area (Å²) in [5.74, 6) is -0.500. The zero-order valence-corrected chi connectivity index (χ0v) is 10.0. The largest absolute Gasteiger partial charge is 0.380 e. The molecule has 0 saturated carbocycles. The molecule has 1 amide bonds. The lowest BCUT2D eigenvalue weighted by Gasteiger charge is -2.20. The third-order valence-corrected chi connectivity index (χ3v) is 2.32. The van der Waals surface area contributed by atoms with E-state index in [1.54, 1.807) is 0 Å². The monoisotopic (exact) mass is 231 g/mol. The first kappa shape index (κ1) is 15.0. The first-order valence-electron chi connectivity index (χ1n) is 5.51. The Morgan fingerprint density at radius 3 is 2.56 bits per heavy atom. The van der Waals surface area contributed by atoms with Crippen LogP contribution >= 0.6 is 0 Å².